The van der Waals surface area contributed by atoms with E-state index < -0.39 is 22.9 Å². The van der Waals surface area contributed by atoms with Crippen LogP contribution in [0.5, 0.6) is 0 Å². The highest BCUT2D eigenvalue weighted by molar-refractivity contribution is 7.13. The quantitative estimate of drug-likeness (QED) is 0.247. The fourth-order valence-electron chi connectivity index (χ4n) is 5.24. The molecule has 4 heterocycles. The lowest BCUT2D eigenvalue weighted by molar-refractivity contribution is -0.137. The van der Waals surface area contributed by atoms with E-state index in [0.29, 0.717) is 23.8 Å². The van der Waals surface area contributed by atoms with Gasteiger partial charge in [0.15, 0.2) is 16.6 Å². The minimum Gasteiger partial charge on any atom is -0.346 e. The van der Waals surface area contributed by atoms with Crippen LogP contribution >= 0.6 is 11.3 Å². The van der Waals surface area contributed by atoms with Crippen molar-refractivity contribution in [3.63, 3.8) is 0 Å². The lowest BCUT2D eigenvalue weighted by Gasteiger charge is -2.45. The lowest BCUT2D eigenvalue weighted by atomic mass is 9.65. The minimum absolute atomic E-state index is 0.148. The van der Waals surface area contributed by atoms with Crippen molar-refractivity contribution in [1.29, 1.82) is 5.26 Å². The molecule has 1 aromatic carbocycles. The van der Waals surface area contributed by atoms with E-state index in [1.54, 1.807) is 28.4 Å². The highest BCUT2D eigenvalue weighted by Gasteiger charge is 2.50. The summed E-state index contributed by atoms with van der Waals surface area (Å²) in [4.78, 5) is 24.4. The predicted molar refractivity (Wildman–Crippen MR) is 135 cm³/mol. The third kappa shape index (κ3) is 4.28. The van der Waals surface area contributed by atoms with Crippen LogP contribution in [0.4, 0.5) is 22.7 Å². The molecule has 1 unspecified atom stereocenters. The second kappa shape index (κ2) is 9.13. The van der Waals surface area contributed by atoms with E-state index in [2.05, 4.69) is 15.1 Å². The number of ketones is 1. The van der Waals surface area contributed by atoms with Gasteiger partial charge in [0, 0.05) is 24.7 Å². The molecule has 0 saturated carbocycles. The van der Waals surface area contributed by atoms with E-state index in [-0.39, 0.29) is 30.2 Å². The number of nitriles is 1. The first kappa shape index (κ1) is 24.9. The van der Waals surface area contributed by atoms with Gasteiger partial charge in [0.2, 0.25) is 0 Å². The Balaban J connectivity index is 1.46. The van der Waals surface area contributed by atoms with Gasteiger partial charge in [-0.2, -0.15) is 23.5 Å². The molecule has 1 fully saturated rings. The van der Waals surface area contributed by atoms with Crippen LogP contribution < -0.4 is 4.90 Å². The van der Waals surface area contributed by atoms with Crippen LogP contribution in [0.1, 0.15) is 39.4 Å². The number of hydrogen-bond donors (Lipinski definition) is 0. The monoisotopic (exact) mass is 550 g/mol. The van der Waals surface area contributed by atoms with Crippen LogP contribution in [0.3, 0.4) is 0 Å². The maximum absolute atomic E-state index is 14.2. The number of Topliss-reactive ketones (excluding diaryl/α,β-unsaturated/α-hetero) is 1. The molecule has 1 atom stereocenters. The molecule has 6 rings (SSSR count). The minimum atomic E-state index is -4.63. The van der Waals surface area contributed by atoms with E-state index in [1.807, 2.05) is 17.0 Å². The predicted octanol–water partition coefficient (Wildman–Crippen LogP) is 5.47. The van der Waals surface area contributed by atoms with Gasteiger partial charge in [-0.05, 0) is 60.9 Å². The first-order chi connectivity index (χ1) is 18.7. The zero-order chi connectivity index (χ0) is 27.4. The maximum atomic E-state index is 14.2. The third-order valence-corrected chi connectivity index (χ3v) is 8.02. The van der Waals surface area contributed by atoms with Crippen LogP contribution in [-0.4, -0.2) is 38.6 Å². The molecule has 2 aliphatic rings. The number of halogens is 4. The summed E-state index contributed by atoms with van der Waals surface area (Å²) in [5.41, 5.74) is 0.640. The first-order valence-corrected chi connectivity index (χ1v) is 12.8. The lowest BCUT2D eigenvalue weighted by Crippen LogP contribution is -2.52. The first-order valence-electron chi connectivity index (χ1n) is 11.9. The number of carbonyl (C=O) groups is 1. The van der Waals surface area contributed by atoms with Crippen LogP contribution in [0, 0.1) is 22.6 Å². The molecular formula is C27H18F4N6OS. The highest BCUT2D eigenvalue weighted by Crippen LogP contribution is 2.47. The number of anilines is 1. The fourth-order valence-corrected chi connectivity index (χ4v) is 6.02. The smallest absolute Gasteiger partial charge is 0.346 e. The Hall–Kier alpha value is -4.37. The summed E-state index contributed by atoms with van der Waals surface area (Å²) in [6.45, 7) is 0.643. The molecule has 7 nitrogen and oxygen atoms in total. The molecule has 0 bridgehead atoms. The van der Waals surface area contributed by atoms with Crippen molar-refractivity contribution in [2.75, 3.05) is 18.0 Å². The van der Waals surface area contributed by atoms with Gasteiger partial charge in [-0.1, -0.05) is 5.57 Å². The second-order valence-electron chi connectivity index (χ2n) is 9.43. The molecule has 39 heavy (non-hydrogen) atoms. The highest BCUT2D eigenvalue weighted by atomic mass is 32.1. The standard InChI is InChI=1S/C27H18F4N6OS/c28-19-1-3-21(4-2-19)37-23-10-17-6-8-36(25-35-20(12-32)14-39-25)15-26(17,11-16(23)13-34-37)24(38)22-9-18(5-7-33-22)27(29,30)31/h1-5,7,9-10,13-14H,6,8,11,15H2. The van der Waals surface area contributed by atoms with E-state index in [9.17, 15) is 27.6 Å². The van der Waals surface area contributed by atoms with Gasteiger partial charge in [0.25, 0.3) is 0 Å². The summed E-state index contributed by atoms with van der Waals surface area (Å²) in [5.74, 6) is -0.910. The largest absolute Gasteiger partial charge is 0.416 e. The molecule has 1 aliphatic carbocycles. The third-order valence-electron chi connectivity index (χ3n) is 7.12. The van der Waals surface area contributed by atoms with Gasteiger partial charge in [-0.25, -0.2) is 14.1 Å². The molecule has 0 amide bonds. The van der Waals surface area contributed by atoms with Crippen LogP contribution in [0.2, 0.25) is 0 Å². The Bertz CT molecular complexity index is 1670. The van der Waals surface area contributed by atoms with E-state index in [4.69, 9.17) is 0 Å². The average molecular weight is 551 g/mol. The summed E-state index contributed by atoms with van der Waals surface area (Å²) in [5, 5.41) is 15.9. The Morgan fingerprint density at radius 3 is 2.69 bits per heavy atom. The average Bonchev–Trinajstić information content (AvgIpc) is 3.58. The maximum Gasteiger partial charge on any atom is 0.416 e. The summed E-state index contributed by atoms with van der Waals surface area (Å²) < 4.78 is 55.6. The van der Waals surface area contributed by atoms with Crippen molar-refractivity contribution in [3.05, 3.63) is 93.8 Å². The van der Waals surface area contributed by atoms with Crippen LogP contribution in [0.25, 0.3) is 11.8 Å². The molecule has 4 aromatic rings. The number of hydrogen-bond acceptors (Lipinski definition) is 7. The van der Waals surface area contributed by atoms with Crippen molar-refractivity contribution in [1.82, 2.24) is 19.7 Å². The van der Waals surface area contributed by atoms with Crippen molar-refractivity contribution in [3.8, 4) is 11.8 Å². The Morgan fingerprint density at radius 1 is 1.18 bits per heavy atom. The molecular weight excluding hydrogens is 532 g/mol. The summed E-state index contributed by atoms with van der Waals surface area (Å²) >= 11 is 1.27. The van der Waals surface area contributed by atoms with Gasteiger partial charge in [0.1, 0.15) is 17.6 Å². The number of pyridine rings is 1. The van der Waals surface area contributed by atoms with E-state index in [0.717, 1.165) is 35.2 Å². The van der Waals surface area contributed by atoms with E-state index in [1.165, 1.54) is 23.5 Å². The number of piperidine rings is 1. The molecule has 3 aromatic heterocycles. The van der Waals surface area contributed by atoms with Gasteiger partial charge < -0.3 is 4.90 Å². The number of carbonyl (C=O) groups excluding carboxylic acids is 1. The zero-order valence-corrected chi connectivity index (χ0v) is 20.9. The number of thiazole rings is 1. The molecule has 0 spiro atoms. The van der Waals surface area contributed by atoms with Crippen molar-refractivity contribution in [2.45, 2.75) is 19.0 Å². The number of alkyl halides is 3. The molecule has 0 radical (unpaired) electrons. The molecule has 1 saturated heterocycles. The van der Waals surface area contributed by atoms with E-state index >= 15 is 0 Å². The van der Waals surface area contributed by atoms with Gasteiger partial charge >= 0.3 is 6.18 Å². The Kier molecular flexibility index (Phi) is 5.84. The van der Waals surface area contributed by atoms with Gasteiger partial charge in [-0.3, -0.25) is 9.78 Å². The Morgan fingerprint density at radius 2 is 1.97 bits per heavy atom. The number of aromatic nitrogens is 4. The number of fused-ring (bicyclic) bond motifs is 2. The molecule has 0 N–H and O–H groups in total. The number of nitrogens with zero attached hydrogens (tertiary/aromatic N) is 6. The zero-order valence-electron chi connectivity index (χ0n) is 20.1. The molecule has 12 heteroatoms. The second-order valence-corrected chi connectivity index (χ2v) is 10.3. The molecule has 196 valence electrons. The number of benzene rings is 1. The SMILES string of the molecule is N#Cc1csc(N2CCC3=Cc4c(cnn4-c4ccc(F)cc4)CC3(C(=O)c3cc(C(F)(F)F)ccn3)C2)n1. The topological polar surface area (TPSA) is 87.7 Å². The van der Waals surface area contributed by atoms with Crippen molar-refractivity contribution >= 4 is 28.3 Å². The summed E-state index contributed by atoms with van der Waals surface area (Å²) in [6.07, 6.45) is 0.464. The fraction of sp³-hybridized carbons (Fsp3) is 0.222. The summed E-state index contributed by atoms with van der Waals surface area (Å²) in [7, 11) is 0. The van der Waals surface area contributed by atoms with Crippen molar-refractivity contribution < 1.29 is 22.4 Å². The van der Waals surface area contributed by atoms with Crippen LogP contribution in [-0.2, 0) is 12.6 Å². The van der Waals surface area contributed by atoms with Crippen molar-refractivity contribution in [2.24, 2.45) is 5.41 Å². The van der Waals surface area contributed by atoms with Crippen LogP contribution in [0.15, 0.2) is 59.7 Å². The van der Waals surface area contributed by atoms with Gasteiger partial charge in [0.05, 0.1) is 28.6 Å². The number of rotatable bonds is 4. The Labute approximate surface area is 223 Å². The van der Waals surface area contributed by atoms with Gasteiger partial charge in [-0.15, -0.1) is 11.3 Å². The summed E-state index contributed by atoms with van der Waals surface area (Å²) in [6, 6.07) is 9.48. The normalized spacial score (nSPS) is 18.6. The molecule has 1 aliphatic heterocycles.